The molecule has 0 bridgehead atoms. The van der Waals surface area contributed by atoms with E-state index in [-0.39, 0.29) is 4.90 Å². The van der Waals surface area contributed by atoms with Crippen LogP contribution < -0.4 is 10.0 Å². The first-order valence-corrected chi connectivity index (χ1v) is 8.37. The van der Waals surface area contributed by atoms with E-state index >= 15 is 0 Å². The van der Waals surface area contributed by atoms with Gasteiger partial charge in [0, 0.05) is 25.9 Å². The first kappa shape index (κ1) is 16.9. The summed E-state index contributed by atoms with van der Waals surface area (Å²) in [5, 5.41) is 2.83. The molecule has 2 N–H and O–H groups in total. The van der Waals surface area contributed by atoms with Gasteiger partial charge in [-0.05, 0) is 32.1 Å². The van der Waals surface area contributed by atoms with Crippen LogP contribution >= 0.6 is 0 Å². The Bertz CT molecular complexity index is 501. The van der Waals surface area contributed by atoms with Gasteiger partial charge in [0.05, 0.1) is 4.90 Å². The lowest BCUT2D eigenvalue weighted by molar-refractivity contribution is 0.300. The van der Waals surface area contributed by atoms with Crippen molar-refractivity contribution in [1.29, 1.82) is 0 Å². The highest BCUT2D eigenvalue weighted by Crippen LogP contribution is 2.11. The summed E-state index contributed by atoms with van der Waals surface area (Å²) in [6.45, 7) is 7.51. The highest BCUT2D eigenvalue weighted by atomic mass is 32.2. The maximum absolute atomic E-state index is 12.1. The van der Waals surface area contributed by atoms with E-state index in [1.165, 1.54) is 18.3 Å². The second-order valence-corrected chi connectivity index (χ2v) is 6.17. The van der Waals surface area contributed by atoms with Crippen LogP contribution in [0.3, 0.4) is 0 Å². The highest BCUT2D eigenvalue weighted by Gasteiger charge is 2.14. The molecule has 1 rings (SSSR count). The van der Waals surface area contributed by atoms with Crippen molar-refractivity contribution >= 4 is 15.8 Å². The SMILES string of the molecule is CCN(CC)CCCNS(=O)(=O)c1ccnc(NC)c1. The Balaban J connectivity index is 2.53. The average Bonchev–Trinajstić information content (AvgIpc) is 2.47. The van der Waals surface area contributed by atoms with Crippen LogP contribution in [0.2, 0.25) is 0 Å². The van der Waals surface area contributed by atoms with E-state index < -0.39 is 10.0 Å². The lowest BCUT2D eigenvalue weighted by Crippen LogP contribution is -2.30. The standard InChI is InChI=1S/C13H24N4O2S/c1-4-17(5-2)10-6-8-16-20(18,19)12-7-9-15-13(11-12)14-3/h7,9,11,16H,4-6,8,10H2,1-3H3,(H,14,15). The molecule has 0 unspecified atom stereocenters. The molecule has 7 heteroatoms. The zero-order valence-electron chi connectivity index (χ0n) is 12.4. The predicted octanol–water partition coefficient (Wildman–Crippen LogP) is 1.13. The molecule has 0 spiro atoms. The molecule has 0 fully saturated rings. The van der Waals surface area contributed by atoms with E-state index in [4.69, 9.17) is 0 Å². The molecule has 0 aromatic carbocycles. The fourth-order valence-electron chi connectivity index (χ4n) is 1.85. The molecule has 0 aliphatic heterocycles. The van der Waals surface area contributed by atoms with Gasteiger partial charge in [0.25, 0.3) is 0 Å². The highest BCUT2D eigenvalue weighted by molar-refractivity contribution is 7.89. The summed E-state index contributed by atoms with van der Waals surface area (Å²) >= 11 is 0. The fourth-order valence-corrected chi connectivity index (χ4v) is 2.93. The molecular weight excluding hydrogens is 276 g/mol. The summed E-state index contributed by atoms with van der Waals surface area (Å²) in [6, 6.07) is 3.01. The molecule has 0 aliphatic rings. The van der Waals surface area contributed by atoms with Crippen molar-refractivity contribution < 1.29 is 8.42 Å². The van der Waals surface area contributed by atoms with Crippen LogP contribution in [0.1, 0.15) is 20.3 Å². The zero-order chi connectivity index (χ0) is 15.0. The molecule has 114 valence electrons. The minimum Gasteiger partial charge on any atom is -0.373 e. The number of rotatable bonds is 9. The Morgan fingerprint density at radius 2 is 2.00 bits per heavy atom. The van der Waals surface area contributed by atoms with Crippen molar-refractivity contribution in [3.8, 4) is 0 Å². The molecule has 20 heavy (non-hydrogen) atoms. The summed E-state index contributed by atoms with van der Waals surface area (Å²) in [5.41, 5.74) is 0. The number of nitrogens with zero attached hydrogens (tertiary/aromatic N) is 2. The predicted molar refractivity (Wildman–Crippen MR) is 81.4 cm³/mol. The van der Waals surface area contributed by atoms with Gasteiger partial charge in [-0.3, -0.25) is 0 Å². The summed E-state index contributed by atoms with van der Waals surface area (Å²) < 4.78 is 26.8. The first-order chi connectivity index (χ1) is 9.53. The normalized spacial score (nSPS) is 11.8. The topological polar surface area (TPSA) is 74.3 Å². The van der Waals surface area contributed by atoms with Crippen molar-refractivity contribution in [3.05, 3.63) is 18.3 Å². The maximum atomic E-state index is 12.1. The molecule has 6 nitrogen and oxygen atoms in total. The molecule has 0 aliphatic carbocycles. The molecule has 1 aromatic rings. The zero-order valence-corrected chi connectivity index (χ0v) is 13.2. The monoisotopic (exact) mass is 300 g/mol. The molecular formula is C13H24N4O2S. The quantitative estimate of drug-likeness (QED) is 0.669. The number of hydrogen-bond donors (Lipinski definition) is 2. The Hall–Kier alpha value is -1.18. The molecule has 0 atom stereocenters. The van der Waals surface area contributed by atoms with Gasteiger partial charge in [0.1, 0.15) is 5.82 Å². The third kappa shape index (κ3) is 5.07. The van der Waals surface area contributed by atoms with Crippen molar-refractivity contribution in [3.63, 3.8) is 0 Å². The van der Waals surface area contributed by atoms with Gasteiger partial charge in [-0.25, -0.2) is 18.1 Å². The van der Waals surface area contributed by atoms with Crippen LogP contribution in [0.4, 0.5) is 5.82 Å². The number of anilines is 1. The molecule has 1 aromatic heterocycles. The van der Waals surface area contributed by atoms with E-state index in [0.29, 0.717) is 12.4 Å². The van der Waals surface area contributed by atoms with Crippen molar-refractivity contribution in [2.75, 3.05) is 38.5 Å². The van der Waals surface area contributed by atoms with Crippen molar-refractivity contribution in [1.82, 2.24) is 14.6 Å². The Kier molecular flexibility index (Phi) is 6.90. The lowest BCUT2D eigenvalue weighted by Gasteiger charge is -2.17. The minimum absolute atomic E-state index is 0.236. The van der Waals surface area contributed by atoms with Crippen LogP contribution in [0.5, 0.6) is 0 Å². The van der Waals surface area contributed by atoms with E-state index in [1.807, 2.05) is 0 Å². The second-order valence-electron chi connectivity index (χ2n) is 4.40. The van der Waals surface area contributed by atoms with Gasteiger partial charge in [0.15, 0.2) is 0 Å². The maximum Gasteiger partial charge on any atom is 0.240 e. The lowest BCUT2D eigenvalue weighted by atomic mass is 10.4. The van der Waals surface area contributed by atoms with E-state index in [1.54, 1.807) is 7.05 Å². The van der Waals surface area contributed by atoms with E-state index in [9.17, 15) is 8.42 Å². The molecule has 0 radical (unpaired) electrons. The number of nitrogens with one attached hydrogen (secondary N) is 2. The van der Waals surface area contributed by atoms with Crippen LogP contribution in [-0.2, 0) is 10.0 Å². The number of pyridine rings is 1. The summed E-state index contributed by atoms with van der Waals surface area (Å²) in [5.74, 6) is 0.538. The van der Waals surface area contributed by atoms with Crippen molar-refractivity contribution in [2.24, 2.45) is 0 Å². The van der Waals surface area contributed by atoms with E-state index in [2.05, 4.69) is 33.8 Å². The van der Waals surface area contributed by atoms with Crippen LogP contribution in [0, 0.1) is 0 Å². The molecule has 0 saturated carbocycles. The third-order valence-corrected chi connectivity index (χ3v) is 4.59. The van der Waals surface area contributed by atoms with Gasteiger partial charge in [-0.1, -0.05) is 13.8 Å². The summed E-state index contributed by atoms with van der Waals surface area (Å²) in [6.07, 6.45) is 2.28. The van der Waals surface area contributed by atoms with E-state index in [0.717, 1.165) is 26.1 Å². The Morgan fingerprint density at radius 3 is 2.60 bits per heavy atom. The van der Waals surface area contributed by atoms with Gasteiger partial charge in [-0.15, -0.1) is 0 Å². The summed E-state index contributed by atoms with van der Waals surface area (Å²) in [7, 11) is -1.75. The smallest absolute Gasteiger partial charge is 0.240 e. The number of sulfonamides is 1. The number of hydrogen-bond acceptors (Lipinski definition) is 5. The Labute approximate surface area is 121 Å². The van der Waals surface area contributed by atoms with Crippen molar-refractivity contribution in [2.45, 2.75) is 25.2 Å². The minimum atomic E-state index is -3.45. The largest absolute Gasteiger partial charge is 0.373 e. The van der Waals surface area contributed by atoms with Gasteiger partial charge < -0.3 is 10.2 Å². The Morgan fingerprint density at radius 1 is 1.30 bits per heavy atom. The molecule has 0 saturated heterocycles. The second kappa shape index (κ2) is 8.18. The molecule has 1 heterocycles. The summed E-state index contributed by atoms with van der Waals surface area (Å²) in [4.78, 5) is 6.50. The average molecular weight is 300 g/mol. The van der Waals surface area contributed by atoms with Gasteiger partial charge >= 0.3 is 0 Å². The van der Waals surface area contributed by atoms with Gasteiger partial charge in [0.2, 0.25) is 10.0 Å². The van der Waals surface area contributed by atoms with Gasteiger partial charge in [-0.2, -0.15) is 0 Å². The number of aromatic nitrogens is 1. The van der Waals surface area contributed by atoms with Crippen LogP contribution in [0.25, 0.3) is 0 Å². The fraction of sp³-hybridized carbons (Fsp3) is 0.615. The molecule has 0 amide bonds. The first-order valence-electron chi connectivity index (χ1n) is 6.89. The third-order valence-electron chi connectivity index (χ3n) is 3.14. The van der Waals surface area contributed by atoms with Crippen LogP contribution in [0.15, 0.2) is 23.2 Å². The van der Waals surface area contributed by atoms with Crippen LogP contribution in [-0.4, -0.2) is 51.5 Å².